The summed E-state index contributed by atoms with van der Waals surface area (Å²) in [5.74, 6) is -6.51. The van der Waals surface area contributed by atoms with Crippen molar-refractivity contribution in [2.24, 2.45) is 11.8 Å². The molecule has 9 heteroatoms. The number of halogens is 6. The van der Waals surface area contributed by atoms with Gasteiger partial charge in [-0.1, -0.05) is 13.8 Å². The molecule has 0 aliphatic rings. The van der Waals surface area contributed by atoms with Gasteiger partial charge in [-0.05, 0) is 12.3 Å². The Labute approximate surface area is 98.4 Å². The third-order valence-electron chi connectivity index (χ3n) is 2.36. The number of alkyl halides is 6. The zero-order chi connectivity index (χ0) is 14.9. The van der Waals surface area contributed by atoms with Crippen molar-refractivity contribution in [3.8, 4) is 0 Å². The molecule has 0 saturated heterocycles. The van der Waals surface area contributed by atoms with Gasteiger partial charge in [0.1, 0.15) is 0 Å². The second kappa shape index (κ2) is 4.94. The summed E-state index contributed by atoms with van der Waals surface area (Å²) < 4.78 is 74.4. The van der Waals surface area contributed by atoms with Crippen molar-refractivity contribution in [3.63, 3.8) is 0 Å². The maximum absolute atomic E-state index is 12.4. The Bertz CT molecular complexity index is 292. The van der Waals surface area contributed by atoms with Crippen molar-refractivity contribution in [1.82, 2.24) is 0 Å². The lowest BCUT2D eigenvalue weighted by Gasteiger charge is -2.39. The van der Waals surface area contributed by atoms with Gasteiger partial charge in [-0.3, -0.25) is 0 Å². The van der Waals surface area contributed by atoms with E-state index in [4.69, 9.17) is 5.11 Å². The van der Waals surface area contributed by atoms with Crippen molar-refractivity contribution in [2.45, 2.75) is 38.2 Å². The lowest BCUT2D eigenvalue weighted by molar-refractivity contribution is -0.397. The summed E-state index contributed by atoms with van der Waals surface area (Å²) >= 11 is 0. The fraction of sp³-hybridized carbons (Fsp3) is 0.889. The molecule has 0 aromatic rings. The van der Waals surface area contributed by atoms with E-state index in [0.717, 1.165) is 0 Å². The molecule has 0 rings (SSSR count). The summed E-state index contributed by atoms with van der Waals surface area (Å²) in [6, 6.07) is 0. The van der Waals surface area contributed by atoms with E-state index >= 15 is 0 Å². The maximum atomic E-state index is 12.4. The molecule has 0 spiro atoms. The van der Waals surface area contributed by atoms with Crippen molar-refractivity contribution in [3.05, 3.63) is 0 Å². The predicted molar refractivity (Wildman–Crippen MR) is 45.0 cm³/mol. The van der Waals surface area contributed by atoms with Gasteiger partial charge in [-0.15, -0.1) is 0 Å². The van der Waals surface area contributed by atoms with Crippen LogP contribution in [0.2, 0.25) is 0 Å². The molecule has 0 fully saturated rings. The third-order valence-corrected chi connectivity index (χ3v) is 2.36. The van der Waals surface area contributed by atoms with Gasteiger partial charge in [0, 0.05) is 11.9 Å². The number of carboxylic acid groups (broad SMARTS) is 1. The summed E-state index contributed by atoms with van der Waals surface area (Å²) in [5.41, 5.74) is -5.32. The van der Waals surface area contributed by atoms with E-state index in [1.807, 2.05) is 0 Å². The number of carboxylic acids is 1. The molecule has 0 aliphatic carbocycles. The monoisotopic (exact) mass is 281 g/mol. The average molecular weight is 281 g/mol. The van der Waals surface area contributed by atoms with Crippen molar-refractivity contribution < 1.29 is 41.4 Å². The van der Waals surface area contributed by atoms with Crippen LogP contribution >= 0.6 is 0 Å². The van der Waals surface area contributed by atoms with E-state index in [1.165, 1.54) is 13.8 Å². The Balaban J connectivity index is 5.76. The Morgan fingerprint density at radius 2 is 1.44 bits per heavy atom. The van der Waals surface area contributed by atoms with E-state index in [2.05, 4.69) is 0 Å². The SMILES string of the molecule is CC(C)CC(C(=O)[O-])C(O)(C(F)(F)F)C(F)(F)F. The molecule has 0 heterocycles. The minimum atomic E-state index is -6.16. The lowest BCUT2D eigenvalue weighted by Crippen LogP contribution is -2.65. The summed E-state index contributed by atoms with van der Waals surface area (Å²) in [6.07, 6.45) is -13.3. The van der Waals surface area contributed by atoms with E-state index in [1.54, 1.807) is 0 Å². The molecule has 3 nitrogen and oxygen atoms in total. The Morgan fingerprint density at radius 3 is 1.61 bits per heavy atom. The highest BCUT2D eigenvalue weighted by atomic mass is 19.4. The highest BCUT2D eigenvalue weighted by Crippen LogP contribution is 2.49. The van der Waals surface area contributed by atoms with Crippen LogP contribution in [0.15, 0.2) is 0 Å². The maximum Gasteiger partial charge on any atom is 0.426 e. The lowest BCUT2D eigenvalue weighted by atomic mass is 9.80. The molecular weight excluding hydrogens is 270 g/mol. The van der Waals surface area contributed by atoms with Crippen molar-refractivity contribution in [2.75, 3.05) is 0 Å². The number of aliphatic carboxylic acids is 1. The van der Waals surface area contributed by atoms with Gasteiger partial charge < -0.3 is 15.0 Å². The molecule has 1 N–H and O–H groups in total. The zero-order valence-electron chi connectivity index (χ0n) is 9.39. The highest BCUT2D eigenvalue weighted by Gasteiger charge is 2.73. The molecule has 0 aromatic heterocycles. The van der Waals surface area contributed by atoms with Crippen LogP contribution in [0.25, 0.3) is 0 Å². The number of hydrogen-bond acceptors (Lipinski definition) is 3. The Morgan fingerprint density at radius 1 is 1.11 bits per heavy atom. The average Bonchev–Trinajstić information content (AvgIpc) is 2.08. The predicted octanol–water partition coefficient (Wildman–Crippen LogP) is 1.25. The number of carbonyl (C=O) groups is 1. The van der Waals surface area contributed by atoms with Crippen LogP contribution in [-0.2, 0) is 4.79 Å². The van der Waals surface area contributed by atoms with Gasteiger partial charge in [0.2, 0.25) is 0 Å². The first-order valence-corrected chi connectivity index (χ1v) is 4.81. The molecule has 1 atom stereocenters. The van der Waals surface area contributed by atoms with Gasteiger partial charge in [0.15, 0.2) is 0 Å². The molecule has 0 amide bonds. The number of hydrogen-bond donors (Lipinski definition) is 1. The van der Waals surface area contributed by atoms with Crippen LogP contribution in [0, 0.1) is 11.8 Å². The summed E-state index contributed by atoms with van der Waals surface area (Å²) in [7, 11) is 0. The fourth-order valence-corrected chi connectivity index (χ4v) is 1.46. The van der Waals surface area contributed by atoms with Gasteiger partial charge in [0.25, 0.3) is 5.60 Å². The van der Waals surface area contributed by atoms with Gasteiger partial charge in [0.05, 0.1) is 0 Å². The quantitative estimate of drug-likeness (QED) is 0.789. The Kier molecular flexibility index (Phi) is 4.67. The summed E-state index contributed by atoms with van der Waals surface area (Å²) in [5, 5.41) is 19.4. The standard InChI is InChI=1S/C9H12F6O3/c1-4(2)3-5(6(16)17)7(18,8(10,11)12)9(13,14)15/h4-5,18H,3H2,1-2H3,(H,16,17)/p-1. The van der Waals surface area contributed by atoms with E-state index < -0.39 is 42.2 Å². The van der Waals surface area contributed by atoms with Crippen LogP contribution in [0.3, 0.4) is 0 Å². The first kappa shape index (κ1) is 17.0. The van der Waals surface area contributed by atoms with E-state index in [-0.39, 0.29) is 0 Å². The second-order valence-electron chi connectivity index (χ2n) is 4.26. The fourth-order valence-electron chi connectivity index (χ4n) is 1.46. The van der Waals surface area contributed by atoms with Crippen molar-refractivity contribution in [1.29, 1.82) is 0 Å². The molecule has 0 aromatic carbocycles. The van der Waals surface area contributed by atoms with Gasteiger partial charge >= 0.3 is 12.4 Å². The molecule has 0 bridgehead atoms. The van der Waals surface area contributed by atoms with Crippen LogP contribution in [-0.4, -0.2) is 29.0 Å². The van der Waals surface area contributed by atoms with Crippen LogP contribution in [0.4, 0.5) is 26.3 Å². The van der Waals surface area contributed by atoms with E-state index in [0.29, 0.717) is 0 Å². The molecule has 0 radical (unpaired) electrons. The first-order chi connectivity index (χ1) is 7.75. The Hall–Kier alpha value is -0.990. The van der Waals surface area contributed by atoms with Gasteiger partial charge in [-0.25, -0.2) is 0 Å². The van der Waals surface area contributed by atoms with E-state index in [9.17, 15) is 36.2 Å². The zero-order valence-corrected chi connectivity index (χ0v) is 9.39. The number of rotatable bonds is 4. The molecule has 0 saturated carbocycles. The smallest absolute Gasteiger partial charge is 0.426 e. The minimum Gasteiger partial charge on any atom is -0.550 e. The molecular formula is C9H11F6O3-. The molecule has 108 valence electrons. The van der Waals surface area contributed by atoms with Gasteiger partial charge in [-0.2, -0.15) is 26.3 Å². The highest BCUT2D eigenvalue weighted by molar-refractivity contribution is 5.69. The van der Waals surface area contributed by atoms with Crippen molar-refractivity contribution >= 4 is 5.97 Å². The third kappa shape index (κ3) is 3.06. The minimum absolute atomic E-state index is 0.802. The topological polar surface area (TPSA) is 60.4 Å². The molecule has 18 heavy (non-hydrogen) atoms. The van der Waals surface area contributed by atoms with Crippen LogP contribution in [0.5, 0.6) is 0 Å². The first-order valence-electron chi connectivity index (χ1n) is 4.81. The normalized spacial score (nSPS) is 15.9. The number of carbonyl (C=O) groups excluding carboxylic acids is 1. The molecule has 1 unspecified atom stereocenters. The second-order valence-corrected chi connectivity index (χ2v) is 4.26. The van der Waals surface area contributed by atoms with Crippen LogP contribution < -0.4 is 5.11 Å². The largest absolute Gasteiger partial charge is 0.550 e. The number of aliphatic hydroxyl groups is 1. The van der Waals surface area contributed by atoms with Crippen LogP contribution in [0.1, 0.15) is 20.3 Å². The summed E-state index contributed by atoms with van der Waals surface area (Å²) in [4.78, 5) is 10.5. The summed E-state index contributed by atoms with van der Waals surface area (Å²) in [6.45, 7) is 2.45. The molecule has 0 aliphatic heterocycles.